The summed E-state index contributed by atoms with van der Waals surface area (Å²) < 4.78 is 45.6. The number of H-pyrrole nitrogens is 1. The number of benzene rings is 2. The van der Waals surface area contributed by atoms with Crippen LogP contribution in [-0.4, -0.2) is 16.4 Å². The lowest BCUT2D eigenvalue weighted by molar-refractivity contribution is -0.0507. The molecule has 1 heterocycles. The Labute approximate surface area is 155 Å². The molecule has 0 radical (unpaired) electrons. The van der Waals surface area contributed by atoms with Crippen molar-refractivity contribution in [3.63, 3.8) is 0 Å². The first-order valence-corrected chi connectivity index (χ1v) is 8.45. The minimum atomic E-state index is -2.98. The number of allylic oxidation sites excluding steroid dienone is 1. The van der Waals surface area contributed by atoms with Gasteiger partial charge >= 0.3 is 6.61 Å². The van der Waals surface area contributed by atoms with Gasteiger partial charge in [-0.2, -0.15) is 8.78 Å². The zero-order valence-electron chi connectivity index (χ0n) is 13.4. The van der Waals surface area contributed by atoms with Gasteiger partial charge in [0.15, 0.2) is 0 Å². The van der Waals surface area contributed by atoms with Crippen molar-refractivity contribution in [1.29, 1.82) is 0 Å². The third kappa shape index (κ3) is 3.41. The second-order valence-electron chi connectivity index (χ2n) is 5.55. The average Bonchev–Trinajstić information content (AvgIpc) is 2.89. The molecular weight excluding hydrogens is 413 g/mol. The van der Waals surface area contributed by atoms with E-state index in [9.17, 15) is 18.0 Å². The van der Waals surface area contributed by atoms with Crippen LogP contribution in [0.1, 0.15) is 18.0 Å². The van der Waals surface area contributed by atoms with Crippen molar-refractivity contribution in [2.24, 2.45) is 0 Å². The van der Waals surface area contributed by atoms with E-state index in [1.165, 1.54) is 16.8 Å². The van der Waals surface area contributed by atoms with Gasteiger partial charge in [0.25, 0.3) is 5.56 Å². The first kappa shape index (κ1) is 18.3. The van der Waals surface area contributed by atoms with Gasteiger partial charge < -0.3 is 4.74 Å². The highest BCUT2D eigenvalue weighted by Gasteiger charge is 2.22. The molecule has 0 amide bonds. The molecule has 1 aromatic heterocycles. The van der Waals surface area contributed by atoms with Crippen molar-refractivity contribution in [1.82, 2.24) is 9.78 Å². The SMILES string of the molecule is C=CCC(c1ccccc1OC(F)F)n1[nH]c(=O)c2cc(F)c(Br)cc21. The Kier molecular flexibility index (Phi) is 5.22. The quantitative estimate of drug-likeness (QED) is 0.563. The Morgan fingerprint density at radius 1 is 1.31 bits per heavy atom. The van der Waals surface area contributed by atoms with Gasteiger partial charge in [-0.25, -0.2) is 4.39 Å². The fourth-order valence-electron chi connectivity index (χ4n) is 2.88. The molecule has 0 saturated heterocycles. The molecule has 0 spiro atoms. The summed E-state index contributed by atoms with van der Waals surface area (Å²) >= 11 is 3.10. The number of hydrogen-bond donors (Lipinski definition) is 1. The number of hydrogen-bond acceptors (Lipinski definition) is 2. The van der Waals surface area contributed by atoms with Crippen molar-refractivity contribution < 1.29 is 17.9 Å². The number of rotatable bonds is 6. The first-order chi connectivity index (χ1) is 12.4. The topological polar surface area (TPSA) is 47.0 Å². The van der Waals surface area contributed by atoms with Crippen molar-refractivity contribution in [3.05, 3.63) is 75.3 Å². The summed E-state index contributed by atoms with van der Waals surface area (Å²) in [5.74, 6) is -0.569. The number of nitrogens with zero attached hydrogens (tertiary/aromatic N) is 1. The second-order valence-corrected chi connectivity index (χ2v) is 6.41. The lowest BCUT2D eigenvalue weighted by atomic mass is 10.0. The minimum Gasteiger partial charge on any atom is -0.434 e. The molecule has 136 valence electrons. The molecule has 3 aromatic rings. The highest BCUT2D eigenvalue weighted by atomic mass is 79.9. The van der Waals surface area contributed by atoms with E-state index in [2.05, 4.69) is 32.3 Å². The molecule has 1 unspecified atom stereocenters. The van der Waals surface area contributed by atoms with Gasteiger partial charge in [-0.05, 0) is 40.5 Å². The molecule has 26 heavy (non-hydrogen) atoms. The summed E-state index contributed by atoms with van der Waals surface area (Å²) in [6, 6.07) is 8.35. The predicted molar refractivity (Wildman–Crippen MR) is 96.2 cm³/mol. The molecule has 1 atom stereocenters. The van der Waals surface area contributed by atoms with E-state index in [-0.39, 0.29) is 15.6 Å². The summed E-state index contributed by atoms with van der Waals surface area (Å²) in [5.41, 5.74) is 0.399. The number of alkyl halides is 2. The van der Waals surface area contributed by atoms with Gasteiger partial charge in [0, 0.05) is 5.56 Å². The number of ether oxygens (including phenoxy) is 1. The normalized spacial score (nSPS) is 12.5. The summed E-state index contributed by atoms with van der Waals surface area (Å²) in [4.78, 5) is 12.2. The molecule has 0 saturated carbocycles. The Morgan fingerprint density at radius 2 is 2.04 bits per heavy atom. The van der Waals surface area contributed by atoms with Crippen molar-refractivity contribution in [2.45, 2.75) is 19.1 Å². The van der Waals surface area contributed by atoms with Gasteiger partial charge in [-0.3, -0.25) is 14.6 Å². The lowest BCUT2D eigenvalue weighted by Crippen LogP contribution is -2.16. The van der Waals surface area contributed by atoms with E-state index in [1.807, 2.05) is 0 Å². The molecule has 8 heteroatoms. The first-order valence-electron chi connectivity index (χ1n) is 7.66. The van der Waals surface area contributed by atoms with Crippen LogP contribution in [0.15, 0.2) is 58.3 Å². The number of nitrogens with one attached hydrogen (secondary N) is 1. The fourth-order valence-corrected chi connectivity index (χ4v) is 3.21. The standard InChI is InChI=1S/C18H14BrF3N2O2/c1-2-5-14(10-6-3-4-7-16(10)26-18(21)22)24-15-9-12(19)13(20)8-11(15)17(25)23-24/h2-4,6-9,14,18H,1,5H2,(H,23,25). The van der Waals surface area contributed by atoms with Crippen LogP contribution >= 0.6 is 15.9 Å². The van der Waals surface area contributed by atoms with Crippen LogP contribution in [0.25, 0.3) is 10.9 Å². The van der Waals surface area contributed by atoms with E-state index in [1.54, 1.807) is 24.3 Å². The highest BCUT2D eigenvalue weighted by molar-refractivity contribution is 9.10. The number of aromatic nitrogens is 2. The Bertz CT molecular complexity index is 1010. The average molecular weight is 427 g/mol. The third-order valence-corrected chi connectivity index (χ3v) is 4.57. The molecule has 0 aliphatic heterocycles. The highest BCUT2D eigenvalue weighted by Crippen LogP contribution is 2.33. The monoisotopic (exact) mass is 426 g/mol. The van der Waals surface area contributed by atoms with Crippen LogP contribution in [0.2, 0.25) is 0 Å². The van der Waals surface area contributed by atoms with Crippen molar-refractivity contribution >= 4 is 26.8 Å². The molecule has 0 aliphatic carbocycles. The third-order valence-electron chi connectivity index (χ3n) is 3.96. The van der Waals surface area contributed by atoms with E-state index >= 15 is 0 Å². The van der Waals surface area contributed by atoms with Gasteiger partial charge in [0.05, 0.1) is 21.4 Å². The maximum absolute atomic E-state index is 13.8. The van der Waals surface area contributed by atoms with Gasteiger partial charge in [0.1, 0.15) is 11.6 Å². The maximum Gasteiger partial charge on any atom is 0.387 e. The summed E-state index contributed by atoms with van der Waals surface area (Å²) in [5, 5.41) is 2.81. The van der Waals surface area contributed by atoms with Crippen LogP contribution in [0, 0.1) is 5.82 Å². The van der Waals surface area contributed by atoms with E-state index in [0.29, 0.717) is 17.5 Å². The number of fused-ring (bicyclic) bond motifs is 1. The Hall–Kier alpha value is -2.48. The number of halogens is 4. The maximum atomic E-state index is 13.8. The van der Waals surface area contributed by atoms with Crippen molar-refractivity contribution in [2.75, 3.05) is 0 Å². The fraction of sp³-hybridized carbons (Fsp3) is 0.167. The Balaban J connectivity index is 2.22. The minimum absolute atomic E-state index is 0.00164. The van der Waals surface area contributed by atoms with E-state index in [4.69, 9.17) is 0 Å². The molecule has 4 nitrogen and oxygen atoms in total. The summed E-state index contributed by atoms with van der Waals surface area (Å²) in [7, 11) is 0. The lowest BCUT2D eigenvalue weighted by Gasteiger charge is -2.21. The number of para-hydroxylation sites is 1. The van der Waals surface area contributed by atoms with Crippen LogP contribution in [0.3, 0.4) is 0 Å². The zero-order chi connectivity index (χ0) is 18.8. The summed E-state index contributed by atoms with van der Waals surface area (Å²) in [6.45, 7) is 0.715. The van der Waals surface area contributed by atoms with Gasteiger partial charge in [-0.1, -0.05) is 24.3 Å². The molecule has 2 aromatic carbocycles. The number of aromatic amines is 1. The molecule has 0 fully saturated rings. The predicted octanol–water partition coefficient (Wildman–Crippen LogP) is 5.00. The van der Waals surface area contributed by atoms with Crippen molar-refractivity contribution in [3.8, 4) is 5.75 Å². The van der Waals surface area contributed by atoms with E-state index in [0.717, 1.165) is 6.07 Å². The van der Waals surface area contributed by atoms with Crippen LogP contribution in [0.5, 0.6) is 5.75 Å². The van der Waals surface area contributed by atoms with Crippen LogP contribution < -0.4 is 10.3 Å². The van der Waals surface area contributed by atoms with E-state index < -0.39 is 24.0 Å². The molecule has 0 aliphatic rings. The van der Waals surface area contributed by atoms with Gasteiger partial charge in [-0.15, -0.1) is 6.58 Å². The van der Waals surface area contributed by atoms with Gasteiger partial charge in [0.2, 0.25) is 0 Å². The largest absolute Gasteiger partial charge is 0.434 e. The summed E-state index contributed by atoms with van der Waals surface area (Å²) in [6.07, 6.45) is 1.94. The Morgan fingerprint density at radius 3 is 2.73 bits per heavy atom. The molecule has 0 bridgehead atoms. The smallest absolute Gasteiger partial charge is 0.387 e. The molecule has 3 rings (SSSR count). The second kappa shape index (κ2) is 7.41. The molecule has 1 N–H and O–H groups in total. The molecular formula is C18H14BrF3N2O2. The van der Waals surface area contributed by atoms with Crippen LogP contribution in [-0.2, 0) is 0 Å². The van der Waals surface area contributed by atoms with Crippen LogP contribution in [0.4, 0.5) is 13.2 Å². The zero-order valence-corrected chi connectivity index (χ0v) is 15.0.